The van der Waals surface area contributed by atoms with Gasteiger partial charge in [-0.3, -0.25) is 0 Å². The molecule has 0 unspecified atom stereocenters. The normalized spacial score (nSPS) is 11.2. The zero-order chi connectivity index (χ0) is 12.7. The maximum absolute atomic E-state index is 2.27. The quantitative estimate of drug-likeness (QED) is 0.410. The molecular weight excluding hydrogens is 248 g/mol. The number of hydrogen-bond donors (Lipinski definition) is 0. The van der Waals surface area contributed by atoms with Crippen molar-refractivity contribution in [3.8, 4) is 11.1 Å². The molecule has 4 aromatic rings. The largest absolute Gasteiger partial charge is 0.143 e. The van der Waals surface area contributed by atoms with Crippen molar-refractivity contribution in [1.29, 1.82) is 0 Å². The van der Waals surface area contributed by atoms with Gasteiger partial charge in [-0.2, -0.15) is 0 Å². The molecule has 0 amide bonds. The number of hydrogen-bond acceptors (Lipinski definition) is 1. The van der Waals surface area contributed by atoms with Crippen LogP contribution in [0.3, 0.4) is 0 Å². The second kappa shape index (κ2) is 4.22. The molecule has 0 N–H and O–H groups in total. The minimum Gasteiger partial charge on any atom is -0.143 e. The topological polar surface area (TPSA) is 0 Å². The second-order valence-electron chi connectivity index (χ2n) is 4.67. The summed E-state index contributed by atoms with van der Waals surface area (Å²) in [6.45, 7) is 0. The van der Waals surface area contributed by atoms with E-state index in [4.69, 9.17) is 0 Å². The van der Waals surface area contributed by atoms with Gasteiger partial charge in [0.15, 0.2) is 0 Å². The highest BCUT2D eigenvalue weighted by atomic mass is 32.1. The third-order valence-corrected chi connectivity index (χ3v) is 4.52. The number of thiophene rings is 1. The van der Waals surface area contributed by atoms with Crippen LogP contribution in [0.15, 0.2) is 72.1 Å². The van der Waals surface area contributed by atoms with Gasteiger partial charge in [-0.1, -0.05) is 60.7 Å². The Bertz CT molecular complexity index is 866. The first-order valence-corrected chi connectivity index (χ1v) is 7.26. The molecule has 3 aromatic carbocycles. The van der Waals surface area contributed by atoms with Crippen LogP contribution in [0.2, 0.25) is 0 Å². The minimum absolute atomic E-state index is 1.30. The zero-order valence-corrected chi connectivity index (χ0v) is 11.2. The fourth-order valence-electron chi connectivity index (χ4n) is 2.65. The molecule has 4 rings (SSSR count). The molecule has 1 heteroatoms. The first kappa shape index (κ1) is 10.8. The minimum atomic E-state index is 1.30. The summed E-state index contributed by atoms with van der Waals surface area (Å²) in [5, 5.41) is 6.25. The fourth-order valence-corrected chi connectivity index (χ4v) is 3.61. The molecule has 90 valence electrons. The van der Waals surface area contributed by atoms with Crippen LogP contribution in [-0.4, -0.2) is 0 Å². The van der Waals surface area contributed by atoms with Crippen molar-refractivity contribution in [3.05, 3.63) is 72.1 Å². The number of benzene rings is 3. The van der Waals surface area contributed by atoms with Crippen molar-refractivity contribution in [1.82, 2.24) is 0 Å². The van der Waals surface area contributed by atoms with Gasteiger partial charge in [-0.15, -0.1) is 11.3 Å². The van der Waals surface area contributed by atoms with E-state index in [9.17, 15) is 0 Å². The van der Waals surface area contributed by atoms with Crippen LogP contribution < -0.4 is 0 Å². The van der Waals surface area contributed by atoms with E-state index in [0.29, 0.717) is 0 Å². The van der Waals surface area contributed by atoms with E-state index in [1.807, 2.05) is 11.3 Å². The summed E-state index contributed by atoms with van der Waals surface area (Å²) >= 11 is 1.82. The Morgan fingerprint density at radius 1 is 0.579 bits per heavy atom. The molecular formula is C18H12S. The van der Waals surface area contributed by atoms with Gasteiger partial charge in [0.2, 0.25) is 0 Å². The second-order valence-corrected chi connectivity index (χ2v) is 5.58. The van der Waals surface area contributed by atoms with E-state index in [2.05, 4.69) is 72.1 Å². The summed E-state index contributed by atoms with van der Waals surface area (Å²) in [5.74, 6) is 0. The van der Waals surface area contributed by atoms with Crippen LogP contribution in [0.1, 0.15) is 0 Å². The molecule has 0 saturated carbocycles. The van der Waals surface area contributed by atoms with Gasteiger partial charge in [-0.05, 0) is 27.8 Å². The Labute approximate surface area is 115 Å². The monoisotopic (exact) mass is 260 g/mol. The summed E-state index contributed by atoms with van der Waals surface area (Å²) in [5.41, 5.74) is 2.67. The predicted molar refractivity (Wildman–Crippen MR) is 84.8 cm³/mol. The van der Waals surface area contributed by atoms with Crippen molar-refractivity contribution in [2.24, 2.45) is 0 Å². The van der Waals surface area contributed by atoms with Crippen molar-refractivity contribution >= 4 is 32.2 Å². The van der Waals surface area contributed by atoms with E-state index in [-0.39, 0.29) is 0 Å². The van der Waals surface area contributed by atoms with Gasteiger partial charge in [-0.25, -0.2) is 0 Å². The summed E-state index contributed by atoms with van der Waals surface area (Å²) in [6.07, 6.45) is 0. The molecule has 0 nitrogen and oxygen atoms in total. The molecule has 0 saturated heterocycles. The van der Waals surface area contributed by atoms with Crippen LogP contribution in [0.4, 0.5) is 0 Å². The summed E-state index contributed by atoms with van der Waals surface area (Å²) in [4.78, 5) is 0. The van der Waals surface area contributed by atoms with Gasteiger partial charge in [0, 0.05) is 15.6 Å². The van der Waals surface area contributed by atoms with Gasteiger partial charge in [0.1, 0.15) is 0 Å². The lowest BCUT2D eigenvalue weighted by molar-refractivity contribution is 1.73. The molecule has 0 fully saturated rings. The first-order valence-electron chi connectivity index (χ1n) is 6.38. The SMILES string of the molecule is c1ccc2c(-c3csc4ccccc34)cccc2c1. The highest BCUT2D eigenvalue weighted by Gasteiger charge is 2.08. The molecule has 0 aliphatic heterocycles. The number of fused-ring (bicyclic) bond motifs is 2. The van der Waals surface area contributed by atoms with Gasteiger partial charge in [0.25, 0.3) is 0 Å². The average molecular weight is 260 g/mol. The van der Waals surface area contributed by atoms with Gasteiger partial charge < -0.3 is 0 Å². The molecule has 1 heterocycles. The summed E-state index contributed by atoms with van der Waals surface area (Å²) in [6, 6.07) is 23.7. The van der Waals surface area contributed by atoms with E-state index >= 15 is 0 Å². The van der Waals surface area contributed by atoms with Crippen molar-refractivity contribution in [3.63, 3.8) is 0 Å². The molecule has 0 bridgehead atoms. The Kier molecular flexibility index (Phi) is 2.39. The first-order chi connectivity index (χ1) is 9.43. The fraction of sp³-hybridized carbons (Fsp3) is 0. The maximum atomic E-state index is 2.27. The van der Waals surface area contributed by atoms with E-state index in [0.717, 1.165) is 0 Å². The Morgan fingerprint density at radius 3 is 2.26 bits per heavy atom. The van der Waals surface area contributed by atoms with Gasteiger partial charge in [0.05, 0.1) is 0 Å². The zero-order valence-electron chi connectivity index (χ0n) is 10.3. The molecule has 0 radical (unpaired) electrons. The van der Waals surface area contributed by atoms with Crippen LogP contribution in [0.5, 0.6) is 0 Å². The Balaban J connectivity index is 2.10. The molecule has 0 aliphatic rings. The van der Waals surface area contributed by atoms with Crippen molar-refractivity contribution in [2.45, 2.75) is 0 Å². The van der Waals surface area contributed by atoms with Crippen molar-refractivity contribution in [2.75, 3.05) is 0 Å². The highest BCUT2D eigenvalue weighted by Crippen LogP contribution is 2.37. The predicted octanol–water partition coefficient (Wildman–Crippen LogP) is 5.72. The van der Waals surface area contributed by atoms with Gasteiger partial charge >= 0.3 is 0 Å². The molecule has 0 aliphatic carbocycles. The van der Waals surface area contributed by atoms with E-state index in [1.54, 1.807) is 0 Å². The lowest BCUT2D eigenvalue weighted by atomic mass is 9.98. The maximum Gasteiger partial charge on any atom is 0.0349 e. The third-order valence-electron chi connectivity index (χ3n) is 3.56. The Hall–Kier alpha value is -2.12. The van der Waals surface area contributed by atoms with Crippen LogP contribution >= 0.6 is 11.3 Å². The van der Waals surface area contributed by atoms with Crippen LogP contribution in [0, 0.1) is 0 Å². The lowest BCUT2D eigenvalue weighted by Crippen LogP contribution is -1.79. The average Bonchev–Trinajstić information content (AvgIpc) is 2.90. The molecule has 19 heavy (non-hydrogen) atoms. The summed E-state index contributed by atoms with van der Waals surface area (Å²) < 4.78 is 1.35. The molecule has 0 atom stereocenters. The smallest absolute Gasteiger partial charge is 0.0349 e. The summed E-state index contributed by atoms with van der Waals surface area (Å²) in [7, 11) is 0. The Morgan fingerprint density at radius 2 is 1.32 bits per heavy atom. The third kappa shape index (κ3) is 1.66. The molecule has 1 aromatic heterocycles. The van der Waals surface area contributed by atoms with Crippen LogP contribution in [0.25, 0.3) is 32.0 Å². The standard InChI is InChI=1S/C18H12S/c1-2-8-14-13(6-1)7-5-10-15(14)17-12-19-18-11-4-3-9-16(17)18/h1-12H. The highest BCUT2D eigenvalue weighted by molar-refractivity contribution is 7.17. The van der Waals surface area contributed by atoms with Crippen molar-refractivity contribution < 1.29 is 0 Å². The lowest BCUT2D eigenvalue weighted by Gasteiger charge is -2.05. The van der Waals surface area contributed by atoms with E-state index < -0.39 is 0 Å². The molecule has 0 spiro atoms. The number of rotatable bonds is 1. The van der Waals surface area contributed by atoms with E-state index in [1.165, 1.54) is 32.0 Å². The van der Waals surface area contributed by atoms with Crippen LogP contribution in [-0.2, 0) is 0 Å².